The molecule has 5 aromatic rings. The van der Waals surface area contributed by atoms with Crippen LogP contribution in [0.1, 0.15) is 22.4 Å². The van der Waals surface area contributed by atoms with Crippen LogP contribution in [-0.2, 0) is 10.0 Å². The highest BCUT2D eigenvalue weighted by Crippen LogP contribution is 2.45. The number of fused-ring (bicyclic) bond motifs is 1. The summed E-state index contributed by atoms with van der Waals surface area (Å²) in [4.78, 5) is 5.34. The average molecular weight is 532 g/mol. The average Bonchev–Trinajstić information content (AvgIpc) is 3.24. The van der Waals surface area contributed by atoms with Gasteiger partial charge in [0, 0.05) is 21.8 Å². The molecule has 0 N–H and O–H groups in total. The molecule has 0 aliphatic carbocycles. The van der Waals surface area contributed by atoms with E-state index in [1.165, 1.54) is 5.56 Å². The number of aromatic nitrogens is 2. The lowest BCUT2D eigenvalue weighted by Crippen LogP contribution is -2.43. The van der Waals surface area contributed by atoms with Crippen molar-refractivity contribution in [1.82, 2.24) is 9.38 Å². The molecule has 0 amide bonds. The molecule has 2 aromatic heterocycles. The molecular weight excluding hydrogens is 503 g/mol. The topological polar surface area (TPSA) is 26.5 Å². The standard InChI is InChI=1S/C30H28Cl2N2OSi/c1-21-8-10-22(11-9-21)29-33-28(27-7-5-6-20-34(27)29)30(35-36(2,3)4,23-12-16-25(31)17-13-23)24-14-18-26(32)19-15-24/h5-20H,1-4H3. The first-order valence-electron chi connectivity index (χ1n) is 11.9. The lowest BCUT2D eigenvalue weighted by atomic mass is 9.83. The van der Waals surface area contributed by atoms with E-state index in [0.717, 1.165) is 33.7 Å². The van der Waals surface area contributed by atoms with Crippen LogP contribution in [0.4, 0.5) is 0 Å². The summed E-state index contributed by atoms with van der Waals surface area (Å²) in [5.41, 5.74) is 5.05. The minimum atomic E-state index is -2.15. The van der Waals surface area contributed by atoms with Gasteiger partial charge in [0.2, 0.25) is 0 Å². The Labute approximate surface area is 223 Å². The summed E-state index contributed by atoms with van der Waals surface area (Å²) in [7, 11) is -2.15. The quantitative estimate of drug-likeness (QED) is 0.205. The third kappa shape index (κ3) is 4.62. The molecule has 6 heteroatoms. The number of nitrogens with zero attached hydrogens (tertiary/aromatic N) is 2. The van der Waals surface area contributed by atoms with Crippen LogP contribution in [0, 0.1) is 6.92 Å². The summed E-state index contributed by atoms with van der Waals surface area (Å²) in [6, 6.07) is 30.4. The second-order valence-electron chi connectivity index (χ2n) is 10.0. The number of halogens is 2. The van der Waals surface area contributed by atoms with Crippen molar-refractivity contribution in [3.8, 4) is 11.4 Å². The fourth-order valence-corrected chi connectivity index (χ4v) is 6.14. The van der Waals surface area contributed by atoms with Gasteiger partial charge >= 0.3 is 0 Å². The minimum Gasteiger partial charge on any atom is -0.399 e. The summed E-state index contributed by atoms with van der Waals surface area (Å²) < 4.78 is 9.36. The smallest absolute Gasteiger partial charge is 0.185 e. The van der Waals surface area contributed by atoms with Crippen LogP contribution in [-0.4, -0.2) is 17.7 Å². The van der Waals surface area contributed by atoms with Gasteiger partial charge in [-0.05, 0) is 74.1 Å². The van der Waals surface area contributed by atoms with Crippen LogP contribution in [0.3, 0.4) is 0 Å². The Morgan fingerprint density at radius 2 is 1.31 bits per heavy atom. The molecule has 0 saturated heterocycles. The van der Waals surface area contributed by atoms with Crippen molar-refractivity contribution in [2.24, 2.45) is 0 Å². The van der Waals surface area contributed by atoms with E-state index in [4.69, 9.17) is 32.6 Å². The maximum absolute atomic E-state index is 7.22. The number of aryl methyl sites for hydroxylation is 1. The number of hydrogen-bond donors (Lipinski definition) is 0. The second kappa shape index (κ2) is 9.53. The first kappa shape index (κ1) is 24.8. The Morgan fingerprint density at radius 3 is 1.83 bits per heavy atom. The van der Waals surface area contributed by atoms with Crippen LogP contribution < -0.4 is 0 Å². The normalized spacial score (nSPS) is 12.3. The molecule has 3 nitrogen and oxygen atoms in total. The SMILES string of the molecule is Cc1ccc(-c2nc(C(O[Si](C)(C)C)(c3ccc(Cl)cc3)c3ccc(Cl)cc3)c3ccccn23)cc1. The lowest BCUT2D eigenvalue weighted by Gasteiger charge is -2.39. The Kier molecular flexibility index (Phi) is 6.56. The molecule has 36 heavy (non-hydrogen) atoms. The predicted molar refractivity (Wildman–Crippen MR) is 153 cm³/mol. The van der Waals surface area contributed by atoms with Crippen LogP contribution in [0.25, 0.3) is 16.9 Å². The summed E-state index contributed by atoms with van der Waals surface area (Å²) in [5, 5.41) is 1.35. The molecule has 0 bridgehead atoms. The van der Waals surface area contributed by atoms with Gasteiger partial charge in [0.15, 0.2) is 13.9 Å². The minimum absolute atomic E-state index is 0.673. The van der Waals surface area contributed by atoms with Gasteiger partial charge in [-0.15, -0.1) is 0 Å². The van der Waals surface area contributed by atoms with E-state index in [9.17, 15) is 0 Å². The highest BCUT2D eigenvalue weighted by molar-refractivity contribution is 6.69. The van der Waals surface area contributed by atoms with Gasteiger partial charge in [0.1, 0.15) is 11.5 Å². The van der Waals surface area contributed by atoms with Crippen molar-refractivity contribution in [3.63, 3.8) is 0 Å². The fourth-order valence-electron chi connectivity index (χ4n) is 4.64. The molecule has 3 aromatic carbocycles. The van der Waals surface area contributed by atoms with Crippen molar-refractivity contribution >= 4 is 37.0 Å². The first-order valence-corrected chi connectivity index (χ1v) is 16.1. The summed E-state index contributed by atoms with van der Waals surface area (Å²) in [5.74, 6) is 0.868. The maximum atomic E-state index is 7.22. The van der Waals surface area contributed by atoms with Crippen molar-refractivity contribution < 1.29 is 4.43 Å². The molecule has 0 aliphatic rings. The van der Waals surface area contributed by atoms with Crippen LogP contribution in [0.5, 0.6) is 0 Å². The van der Waals surface area contributed by atoms with Crippen molar-refractivity contribution in [2.45, 2.75) is 32.2 Å². The molecule has 0 unspecified atom stereocenters. The van der Waals surface area contributed by atoms with E-state index in [0.29, 0.717) is 10.0 Å². The van der Waals surface area contributed by atoms with Gasteiger partial charge < -0.3 is 4.43 Å². The Balaban J connectivity index is 1.90. The molecule has 0 saturated carbocycles. The zero-order valence-electron chi connectivity index (χ0n) is 20.8. The molecular formula is C30H28Cl2N2OSi. The van der Waals surface area contributed by atoms with Crippen LogP contribution >= 0.6 is 23.2 Å². The fraction of sp³-hybridized carbons (Fsp3) is 0.167. The zero-order chi connectivity index (χ0) is 25.5. The number of hydrogen-bond acceptors (Lipinski definition) is 2. The molecule has 0 fully saturated rings. The van der Waals surface area contributed by atoms with E-state index in [1.807, 2.05) is 60.7 Å². The van der Waals surface area contributed by atoms with E-state index < -0.39 is 13.9 Å². The van der Waals surface area contributed by atoms with Crippen molar-refractivity contribution in [3.05, 3.63) is 130 Å². The summed E-state index contributed by atoms with van der Waals surface area (Å²) in [6.07, 6.45) is 2.06. The number of imidazole rings is 1. The Bertz CT molecular complexity index is 1460. The first-order chi connectivity index (χ1) is 17.2. The second-order valence-corrected chi connectivity index (χ2v) is 15.3. The van der Waals surface area contributed by atoms with E-state index in [2.05, 4.69) is 67.5 Å². The third-order valence-electron chi connectivity index (χ3n) is 6.15. The Hall–Kier alpha value is -2.89. The van der Waals surface area contributed by atoms with Crippen molar-refractivity contribution in [1.29, 1.82) is 0 Å². The molecule has 2 heterocycles. The van der Waals surface area contributed by atoms with E-state index in [1.54, 1.807) is 0 Å². The van der Waals surface area contributed by atoms with Gasteiger partial charge in [-0.1, -0.05) is 83.4 Å². The van der Waals surface area contributed by atoms with Gasteiger partial charge in [-0.2, -0.15) is 0 Å². The predicted octanol–water partition coefficient (Wildman–Crippen LogP) is 8.76. The van der Waals surface area contributed by atoms with E-state index >= 15 is 0 Å². The zero-order valence-corrected chi connectivity index (χ0v) is 23.3. The molecule has 0 radical (unpaired) electrons. The van der Waals surface area contributed by atoms with Gasteiger partial charge in [-0.25, -0.2) is 4.98 Å². The highest BCUT2D eigenvalue weighted by Gasteiger charge is 2.45. The summed E-state index contributed by atoms with van der Waals surface area (Å²) in [6.45, 7) is 8.69. The molecule has 182 valence electrons. The van der Waals surface area contributed by atoms with Crippen LogP contribution in [0.15, 0.2) is 97.2 Å². The highest BCUT2D eigenvalue weighted by atomic mass is 35.5. The Morgan fingerprint density at radius 1 is 0.750 bits per heavy atom. The van der Waals surface area contributed by atoms with Crippen LogP contribution in [0.2, 0.25) is 29.7 Å². The van der Waals surface area contributed by atoms with E-state index in [-0.39, 0.29) is 0 Å². The number of pyridine rings is 1. The molecule has 5 rings (SSSR count). The molecule has 0 atom stereocenters. The number of benzene rings is 3. The van der Waals surface area contributed by atoms with Gasteiger partial charge in [0.05, 0.1) is 5.52 Å². The third-order valence-corrected chi connectivity index (χ3v) is 7.57. The molecule has 0 spiro atoms. The van der Waals surface area contributed by atoms with Gasteiger partial charge in [0.25, 0.3) is 0 Å². The lowest BCUT2D eigenvalue weighted by molar-refractivity contribution is 0.144. The monoisotopic (exact) mass is 530 g/mol. The molecule has 0 aliphatic heterocycles. The van der Waals surface area contributed by atoms with Gasteiger partial charge in [-0.3, -0.25) is 4.40 Å². The largest absolute Gasteiger partial charge is 0.399 e. The maximum Gasteiger partial charge on any atom is 0.185 e. The van der Waals surface area contributed by atoms with Crippen molar-refractivity contribution in [2.75, 3.05) is 0 Å². The number of rotatable bonds is 6. The summed E-state index contributed by atoms with van der Waals surface area (Å²) >= 11 is 12.7.